The Morgan fingerprint density at radius 2 is 2.33 bits per heavy atom. The summed E-state index contributed by atoms with van der Waals surface area (Å²) in [5.74, 6) is -0.456. The first-order valence-corrected chi connectivity index (χ1v) is 2.03. The molecule has 34 valence electrons. The van der Waals surface area contributed by atoms with Crippen LogP contribution in [0.3, 0.4) is 0 Å². The molecule has 0 amide bonds. The standard InChI is InChI=1S/C3H4O2S/c4-1-3(5)2-6/h1,6H,2H2. The molecule has 0 spiro atoms. The van der Waals surface area contributed by atoms with Crippen LogP contribution in [-0.2, 0) is 9.59 Å². The highest BCUT2D eigenvalue weighted by atomic mass is 32.1. The molecule has 0 aromatic rings. The Morgan fingerprint density at radius 3 is 2.33 bits per heavy atom. The molecule has 0 aromatic heterocycles. The summed E-state index contributed by atoms with van der Waals surface area (Å²) in [6.07, 6.45) is 0.257. The van der Waals surface area contributed by atoms with Gasteiger partial charge in [-0.2, -0.15) is 12.6 Å². The third-order valence-electron chi connectivity index (χ3n) is 0.287. The summed E-state index contributed by atoms with van der Waals surface area (Å²) in [5.41, 5.74) is 0. The van der Waals surface area contributed by atoms with E-state index in [1.165, 1.54) is 0 Å². The Balaban J connectivity index is 3.23. The minimum absolute atomic E-state index is 0.0174. The smallest absolute Gasteiger partial charge is 0.204 e. The lowest BCUT2D eigenvalue weighted by atomic mass is 10.5. The molecule has 0 aliphatic rings. The van der Waals surface area contributed by atoms with E-state index in [0.29, 0.717) is 0 Å². The Kier molecular flexibility index (Phi) is 2.75. The Morgan fingerprint density at radius 1 is 1.83 bits per heavy atom. The zero-order valence-electron chi connectivity index (χ0n) is 3.05. The van der Waals surface area contributed by atoms with Crippen molar-refractivity contribution in [2.24, 2.45) is 0 Å². The molecule has 0 rings (SSSR count). The minimum atomic E-state index is -0.474. The quantitative estimate of drug-likeness (QED) is 0.296. The topological polar surface area (TPSA) is 34.1 Å². The van der Waals surface area contributed by atoms with E-state index in [-0.39, 0.29) is 12.0 Å². The van der Waals surface area contributed by atoms with Crippen LogP contribution in [0.25, 0.3) is 0 Å². The minimum Gasteiger partial charge on any atom is -0.295 e. The van der Waals surface area contributed by atoms with Gasteiger partial charge in [0.25, 0.3) is 0 Å². The van der Waals surface area contributed by atoms with E-state index in [0.717, 1.165) is 0 Å². The van der Waals surface area contributed by atoms with Gasteiger partial charge in [0.1, 0.15) is 0 Å². The van der Waals surface area contributed by atoms with E-state index in [4.69, 9.17) is 0 Å². The Bertz CT molecular complexity index is 69.2. The maximum absolute atomic E-state index is 9.74. The van der Waals surface area contributed by atoms with E-state index < -0.39 is 5.78 Å². The molecule has 0 N–H and O–H groups in total. The molecule has 0 heterocycles. The fourth-order valence-corrected chi connectivity index (χ4v) is 0.112. The number of hydrogen-bond donors (Lipinski definition) is 1. The summed E-state index contributed by atoms with van der Waals surface area (Å²) in [7, 11) is 0. The monoisotopic (exact) mass is 104 g/mol. The molecular formula is C3H4O2S. The fraction of sp³-hybridized carbons (Fsp3) is 0.333. The molecule has 0 aliphatic carbocycles. The molecule has 6 heavy (non-hydrogen) atoms. The molecule has 0 saturated heterocycles. The predicted octanol–water partition coefficient (Wildman–Crippen LogP) is -0.316. The lowest BCUT2D eigenvalue weighted by Gasteiger charge is -1.70. The van der Waals surface area contributed by atoms with Gasteiger partial charge in [-0.15, -0.1) is 0 Å². The normalized spacial score (nSPS) is 7.50. The summed E-state index contributed by atoms with van der Waals surface area (Å²) in [5, 5.41) is 0. The van der Waals surface area contributed by atoms with Crippen LogP contribution in [-0.4, -0.2) is 17.8 Å². The molecule has 2 nitrogen and oxygen atoms in total. The number of carbonyl (C=O) groups excluding carboxylic acids is 2. The lowest BCUT2D eigenvalue weighted by Crippen LogP contribution is -1.97. The van der Waals surface area contributed by atoms with Crippen molar-refractivity contribution in [2.75, 3.05) is 5.75 Å². The predicted molar refractivity (Wildman–Crippen MR) is 24.9 cm³/mol. The SMILES string of the molecule is O=CC(=O)CS. The molecule has 0 radical (unpaired) electrons. The molecule has 0 saturated carbocycles. The highest BCUT2D eigenvalue weighted by Crippen LogP contribution is 1.68. The van der Waals surface area contributed by atoms with Gasteiger partial charge in [0, 0.05) is 0 Å². The van der Waals surface area contributed by atoms with Crippen molar-refractivity contribution in [3.63, 3.8) is 0 Å². The zero-order valence-corrected chi connectivity index (χ0v) is 3.94. The van der Waals surface area contributed by atoms with E-state index >= 15 is 0 Å². The van der Waals surface area contributed by atoms with Crippen LogP contribution in [0, 0.1) is 0 Å². The van der Waals surface area contributed by atoms with E-state index in [1.54, 1.807) is 0 Å². The average molecular weight is 104 g/mol. The van der Waals surface area contributed by atoms with Crippen LogP contribution in [0.4, 0.5) is 0 Å². The highest BCUT2D eigenvalue weighted by Gasteiger charge is 1.88. The first-order valence-electron chi connectivity index (χ1n) is 1.40. The first-order chi connectivity index (χ1) is 2.81. The van der Waals surface area contributed by atoms with Crippen LogP contribution in [0.2, 0.25) is 0 Å². The van der Waals surface area contributed by atoms with E-state index in [1.807, 2.05) is 0 Å². The summed E-state index contributed by atoms with van der Waals surface area (Å²) in [6.45, 7) is 0. The van der Waals surface area contributed by atoms with Gasteiger partial charge in [0.2, 0.25) is 5.78 Å². The number of thiol groups is 1. The van der Waals surface area contributed by atoms with Gasteiger partial charge in [-0.1, -0.05) is 0 Å². The van der Waals surface area contributed by atoms with Crippen molar-refractivity contribution in [3.05, 3.63) is 0 Å². The number of hydrogen-bond acceptors (Lipinski definition) is 3. The van der Waals surface area contributed by atoms with Crippen LogP contribution in [0.15, 0.2) is 0 Å². The molecule has 3 heteroatoms. The van der Waals surface area contributed by atoms with Crippen LogP contribution >= 0.6 is 12.6 Å². The van der Waals surface area contributed by atoms with Gasteiger partial charge in [0.15, 0.2) is 6.29 Å². The van der Waals surface area contributed by atoms with Crippen molar-refractivity contribution in [3.8, 4) is 0 Å². The number of carbonyl (C=O) groups is 2. The molecule has 0 aromatic carbocycles. The summed E-state index contributed by atoms with van der Waals surface area (Å²) in [4.78, 5) is 19.1. The number of aldehydes is 1. The van der Waals surface area contributed by atoms with Crippen molar-refractivity contribution in [1.82, 2.24) is 0 Å². The Hall–Kier alpha value is -0.310. The highest BCUT2D eigenvalue weighted by molar-refractivity contribution is 7.81. The maximum atomic E-state index is 9.74. The van der Waals surface area contributed by atoms with Gasteiger partial charge < -0.3 is 0 Å². The first kappa shape index (κ1) is 5.69. The van der Waals surface area contributed by atoms with Crippen molar-refractivity contribution < 1.29 is 9.59 Å². The zero-order chi connectivity index (χ0) is 4.99. The molecular weight excluding hydrogens is 100 g/mol. The number of Topliss-reactive ketones (excluding diaryl/α,β-unsaturated/α-hetero) is 1. The lowest BCUT2D eigenvalue weighted by molar-refractivity contribution is -0.128. The van der Waals surface area contributed by atoms with Gasteiger partial charge in [0.05, 0.1) is 5.75 Å². The van der Waals surface area contributed by atoms with E-state index in [2.05, 4.69) is 12.6 Å². The summed E-state index contributed by atoms with van der Waals surface area (Å²) in [6, 6.07) is 0. The third kappa shape index (κ3) is 1.96. The van der Waals surface area contributed by atoms with Crippen LogP contribution in [0.1, 0.15) is 0 Å². The van der Waals surface area contributed by atoms with Crippen LogP contribution in [0.5, 0.6) is 0 Å². The second-order valence-corrected chi connectivity index (χ2v) is 1.06. The maximum Gasteiger partial charge on any atom is 0.204 e. The van der Waals surface area contributed by atoms with Gasteiger partial charge in [-0.3, -0.25) is 9.59 Å². The third-order valence-corrected chi connectivity index (χ3v) is 0.599. The molecule has 0 aliphatic heterocycles. The van der Waals surface area contributed by atoms with Crippen molar-refractivity contribution in [1.29, 1.82) is 0 Å². The molecule has 0 fully saturated rings. The summed E-state index contributed by atoms with van der Waals surface area (Å²) >= 11 is 3.51. The van der Waals surface area contributed by atoms with Crippen molar-refractivity contribution in [2.45, 2.75) is 0 Å². The fourth-order valence-electron chi connectivity index (χ4n) is 0.0373. The largest absolute Gasteiger partial charge is 0.295 e. The number of ketones is 1. The Labute approximate surface area is 40.9 Å². The van der Waals surface area contributed by atoms with Gasteiger partial charge >= 0.3 is 0 Å². The van der Waals surface area contributed by atoms with E-state index in [9.17, 15) is 9.59 Å². The number of rotatable bonds is 2. The van der Waals surface area contributed by atoms with Crippen LogP contribution < -0.4 is 0 Å². The average Bonchev–Trinajstić information content (AvgIpc) is 1.65. The second-order valence-electron chi connectivity index (χ2n) is 0.742. The molecule has 0 unspecified atom stereocenters. The van der Waals surface area contributed by atoms with Gasteiger partial charge in [-0.25, -0.2) is 0 Å². The van der Waals surface area contributed by atoms with Gasteiger partial charge in [-0.05, 0) is 0 Å². The molecule has 0 bridgehead atoms. The molecule has 0 atom stereocenters. The second kappa shape index (κ2) is 2.90. The van der Waals surface area contributed by atoms with Crippen molar-refractivity contribution >= 4 is 24.7 Å². The summed E-state index contributed by atoms with van der Waals surface area (Å²) < 4.78 is 0.